The molecule has 3 aliphatic heterocycles. The van der Waals surface area contributed by atoms with Gasteiger partial charge in [0, 0.05) is 69.3 Å². The van der Waals surface area contributed by atoms with Crippen molar-refractivity contribution >= 4 is 17.1 Å². The molecule has 0 aromatic heterocycles. The molecule has 7 nitrogen and oxygen atoms in total. The first-order valence-corrected chi connectivity index (χ1v) is 10.7. The lowest BCUT2D eigenvalue weighted by Crippen LogP contribution is -2.62. The molecule has 31 heavy (non-hydrogen) atoms. The Morgan fingerprint density at radius 2 is 2.10 bits per heavy atom. The lowest BCUT2D eigenvalue weighted by Gasteiger charge is -2.38. The second kappa shape index (κ2) is 9.33. The fraction of sp³-hybridized carbons (Fsp3) is 0.500. The zero-order chi connectivity index (χ0) is 21.8. The van der Waals surface area contributed by atoms with Gasteiger partial charge >= 0.3 is 0 Å². The number of piperidine rings is 1. The Kier molecular flexibility index (Phi) is 6.54. The molecular formula is C22H30F2N6O. The molecule has 1 aromatic carbocycles. The molecule has 3 atom stereocenters. The fourth-order valence-electron chi connectivity index (χ4n) is 4.16. The predicted octanol–water partition coefficient (Wildman–Crippen LogP) is 1.10. The first-order chi connectivity index (χ1) is 15.0. The highest BCUT2D eigenvalue weighted by Gasteiger charge is 2.42. The van der Waals surface area contributed by atoms with Crippen molar-refractivity contribution < 1.29 is 13.9 Å². The Bertz CT molecular complexity index is 854. The lowest BCUT2D eigenvalue weighted by atomic mass is 9.93. The van der Waals surface area contributed by atoms with Crippen LogP contribution in [0.4, 0.5) is 14.5 Å². The Labute approximate surface area is 181 Å². The number of anilines is 1. The molecule has 9 heteroatoms. The number of halogens is 2. The highest BCUT2D eigenvalue weighted by Crippen LogP contribution is 2.30. The van der Waals surface area contributed by atoms with E-state index in [4.69, 9.17) is 5.11 Å². The van der Waals surface area contributed by atoms with Gasteiger partial charge in [-0.05, 0) is 23.8 Å². The van der Waals surface area contributed by atoms with Gasteiger partial charge in [0.1, 0.15) is 12.2 Å². The third kappa shape index (κ3) is 4.89. The van der Waals surface area contributed by atoms with E-state index in [-0.39, 0.29) is 31.8 Å². The first-order valence-electron chi connectivity index (χ1n) is 10.7. The van der Waals surface area contributed by atoms with Crippen LogP contribution in [0.2, 0.25) is 0 Å². The van der Waals surface area contributed by atoms with Crippen molar-refractivity contribution in [2.45, 2.75) is 24.6 Å². The van der Waals surface area contributed by atoms with Gasteiger partial charge in [-0.2, -0.15) is 0 Å². The van der Waals surface area contributed by atoms with Crippen molar-refractivity contribution in [3.8, 4) is 0 Å². The number of nitrogens with zero attached hydrogens (tertiary/aromatic N) is 2. The number of fused-ring (bicyclic) bond motifs is 1. The number of rotatable bonds is 7. The summed E-state index contributed by atoms with van der Waals surface area (Å²) in [5, 5.41) is 22.2. The van der Waals surface area contributed by atoms with Crippen LogP contribution in [0.15, 0.2) is 47.7 Å². The van der Waals surface area contributed by atoms with Gasteiger partial charge in [0.05, 0.1) is 12.3 Å². The summed E-state index contributed by atoms with van der Waals surface area (Å²) < 4.78 is 28.5. The number of nitrogens with one attached hydrogen (secondary N) is 4. The molecule has 0 spiro atoms. The number of aliphatic hydroxyl groups is 1. The van der Waals surface area contributed by atoms with E-state index in [1.54, 1.807) is 12.4 Å². The van der Waals surface area contributed by atoms with Crippen molar-refractivity contribution in [2.24, 2.45) is 10.9 Å². The number of hydrogen-bond acceptors (Lipinski definition) is 7. The smallest absolute Gasteiger partial charge is 0.254 e. The molecule has 4 rings (SSSR count). The van der Waals surface area contributed by atoms with Gasteiger partial charge in [-0.15, -0.1) is 0 Å². The summed E-state index contributed by atoms with van der Waals surface area (Å²) in [5.74, 6) is -3.42. The normalized spacial score (nSPS) is 26.8. The minimum Gasteiger partial charge on any atom is -0.395 e. The van der Waals surface area contributed by atoms with Crippen LogP contribution < -0.4 is 26.2 Å². The number of aliphatic imine (C=N–C) groups is 1. The van der Waals surface area contributed by atoms with Gasteiger partial charge in [-0.3, -0.25) is 10.3 Å². The predicted molar refractivity (Wildman–Crippen MR) is 119 cm³/mol. The van der Waals surface area contributed by atoms with Crippen LogP contribution in [0.25, 0.3) is 5.70 Å². The van der Waals surface area contributed by atoms with Gasteiger partial charge in [-0.25, -0.2) is 8.78 Å². The molecule has 5 N–H and O–H groups in total. The van der Waals surface area contributed by atoms with Gasteiger partial charge in [0.15, 0.2) is 0 Å². The van der Waals surface area contributed by atoms with E-state index < -0.39 is 11.8 Å². The van der Waals surface area contributed by atoms with E-state index in [1.807, 2.05) is 42.3 Å². The van der Waals surface area contributed by atoms with Crippen molar-refractivity contribution in [1.29, 1.82) is 0 Å². The van der Waals surface area contributed by atoms with E-state index in [0.717, 1.165) is 22.7 Å². The van der Waals surface area contributed by atoms with Crippen LogP contribution >= 0.6 is 0 Å². The van der Waals surface area contributed by atoms with E-state index in [9.17, 15) is 8.78 Å². The third-order valence-electron chi connectivity index (χ3n) is 6.09. The van der Waals surface area contributed by atoms with Gasteiger partial charge in [0.2, 0.25) is 0 Å². The highest BCUT2D eigenvalue weighted by atomic mass is 19.3. The summed E-state index contributed by atoms with van der Waals surface area (Å²) in [6, 6.07) is 7.86. The minimum atomic E-state index is -2.67. The van der Waals surface area contributed by atoms with Crippen molar-refractivity contribution in [2.75, 3.05) is 44.7 Å². The van der Waals surface area contributed by atoms with E-state index in [1.165, 1.54) is 0 Å². The molecule has 1 aromatic rings. The van der Waals surface area contributed by atoms with Crippen LogP contribution in [-0.2, 0) is 0 Å². The summed E-state index contributed by atoms with van der Waals surface area (Å²) in [4.78, 5) is 6.47. The Balaban J connectivity index is 1.49. The largest absolute Gasteiger partial charge is 0.395 e. The summed E-state index contributed by atoms with van der Waals surface area (Å²) in [7, 11) is 1.93. The molecule has 0 radical (unpaired) electrons. The molecule has 3 unspecified atom stereocenters. The Morgan fingerprint density at radius 3 is 2.84 bits per heavy atom. The van der Waals surface area contributed by atoms with Crippen LogP contribution in [-0.4, -0.2) is 68.8 Å². The standard InChI is InChI=1S/C22H30F2N6O/c1-30(10-11-31)17-4-2-15(3-5-17)18-12-19-20(27-9-8-26-19)21(29-18)28-14-16-13-25-7-6-22(16,23)24/h2-5,8-9,12,16,20-21,25,27-29,31H,6-7,10-11,13-14H2,1H3. The summed E-state index contributed by atoms with van der Waals surface area (Å²) in [6.45, 7) is 1.51. The molecule has 0 amide bonds. The molecule has 1 saturated heterocycles. The average molecular weight is 433 g/mol. The molecule has 0 saturated carbocycles. The number of likely N-dealkylation sites (N-methyl/N-ethyl adjacent to an activating group) is 1. The zero-order valence-electron chi connectivity index (χ0n) is 17.6. The number of aliphatic hydroxyl groups excluding tert-OH is 1. The Morgan fingerprint density at radius 1 is 1.29 bits per heavy atom. The van der Waals surface area contributed by atoms with E-state index >= 15 is 0 Å². The van der Waals surface area contributed by atoms with Gasteiger partial charge in [0.25, 0.3) is 5.92 Å². The maximum absolute atomic E-state index is 14.3. The fourth-order valence-corrected chi connectivity index (χ4v) is 4.16. The lowest BCUT2D eigenvalue weighted by molar-refractivity contribution is -0.0777. The van der Waals surface area contributed by atoms with E-state index in [2.05, 4.69) is 26.3 Å². The molecular weight excluding hydrogens is 402 g/mol. The zero-order valence-corrected chi connectivity index (χ0v) is 17.6. The SMILES string of the molecule is CN(CCO)c1ccc(C2=CC3=NC=CNC3C(NCC3CNCCC3(F)F)N2)cc1. The number of benzene rings is 1. The second-order valence-electron chi connectivity index (χ2n) is 8.21. The Hall–Kier alpha value is -2.49. The topological polar surface area (TPSA) is 84.0 Å². The number of alkyl halides is 2. The molecule has 3 heterocycles. The van der Waals surface area contributed by atoms with Gasteiger partial charge in [-0.1, -0.05) is 12.1 Å². The summed E-state index contributed by atoms with van der Waals surface area (Å²) in [5.41, 5.74) is 3.72. The second-order valence-corrected chi connectivity index (χ2v) is 8.21. The molecule has 0 bridgehead atoms. The minimum absolute atomic E-state index is 0.0929. The summed E-state index contributed by atoms with van der Waals surface area (Å²) in [6.07, 6.45) is 5.05. The van der Waals surface area contributed by atoms with Crippen LogP contribution in [0, 0.1) is 5.92 Å². The van der Waals surface area contributed by atoms with Crippen LogP contribution in [0.3, 0.4) is 0 Å². The quantitative estimate of drug-likeness (QED) is 0.444. The first kappa shape index (κ1) is 21.7. The van der Waals surface area contributed by atoms with Crippen LogP contribution in [0.1, 0.15) is 12.0 Å². The maximum Gasteiger partial charge on any atom is 0.254 e. The van der Waals surface area contributed by atoms with Crippen LogP contribution in [0.5, 0.6) is 0 Å². The summed E-state index contributed by atoms with van der Waals surface area (Å²) >= 11 is 0. The molecule has 168 valence electrons. The van der Waals surface area contributed by atoms with Crippen molar-refractivity contribution in [1.82, 2.24) is 21.3 Å². The molecule has 1 fully saturated rings. The average Bonchev–Trinajstić information content (AvgIpc) is 2.78. The van der Waals surface area contributed by atoms with Crippen molar-refractivity contribution in [3.05, 3.63) is 48.3 Å². The van der Waals surface area contributed by atoms with E-state index in [0.29, 0.717) is 19.6 Å². The third-order valence-corrected chi connectivity index (χ3v) is 6.09. The maximum atomic E-state index is 14.3. The monoisotopic (exact) mass is 432 g/mol. The molecule has 3 aliphatic rings. The number of hydrogen-bond donors (Lipinski definition) is 5. The molecule has 0 aliphatic carbocycles. The highest BCUT2D eigenvalue weighted by molar-refractivity contribution is 6.07. The van der Waals surface area contributed by atoms with Gasteiger partial charge < -0.3 is 26.0 Å². The van der Waals surface area contributed by atoms with Crippen molar-refractivity contribution in [3.63, 3.8) is 0 Å².